The topological polar surface area (TPSA) is 113 Å². The van der Waals surface area contributed by atoms with Crippen molar-refractivity contribution in [3.8, 4) is 0 Å². The first-order valence-corrected chi connectivity index (χ1v) is 6.38. The summed E-state index contributed by atoms with van der Waals surface area (Å²) in [6, 6.07) is -1.04. The first-order valence-electron chi connectivity index (χ1n) is 6.38. The van der Waals surface area contributed by atoms with Crippen LogP contribution in [0.15, 0.2) is 0 Å². The monoisotopic (exact) mass is 287 g/mol. The van der Waals surface area contributed by atoms with Crippen LogP contribution >= 0.6 is 0 Å². The number of likely N-dealkylation sites (tertiary alicyclic amines) is 1. The minimum Gasteiger partial charge on any atom is -0.481 e. The third-order valence-electron chi connectivity index (χ3n) is 3.58. The maximum Gasteiger partial charge on any atom is 0.326 e. The fraction of sp³-hybridized carbons (Fsp3) is 0.750. The standard InChI is InChI=1S/C12H17NO7/c1-7(4-9(14)15)10(16)13-6-12(19-2-3-20-12)5-8(13)11(17)18/h7-8H,2-6H2,1H3,(H,14,15)(H,17,18)/t7?,8-/m0/s1. The first-order chi connectivity index (χ1) is 9.34. The summed E-state index contributed by atoms with van der Waals surface area (Å²) in [5, 5.41) is 17.9. The molecule has 0 bridgehead atoms. The van der Waals surface area contributed by atoms with Gasteiger partial charge in [-0.1, -0.05) is 6.92 Å². The molecule has 112 valence electrons. The molecule has 8 nitrogen and oxygen atoms in total. The van der Waals surface area contributed by atoms with Gasteiger partial charge in [0, 0.05) is 12.3 Å². The van der Waals surface area contributed by atoms with Crippen molar-refractivity contribution in [3.05, 3.63) is 0 Å². The van der Waals surface area contributed by atoms with Crippen molar-refractivity contribution in [1.82, 2.24) is 4.90 Å². The van der Waals surface area contributed by atoms with E-state index in [0.29, 0.717) is 13.2 Å². The highest BCUT2D eigenvalue weighted by Crippen LogP contribution is 2.35. The highest BCUT2D eigenvalue weighted by molar-refractivity contribution is 5.87. The van der Waals surface area contributed by atoms with Crippen molar-refractivity contribution in [2.24, 2.45) is 5.92 Å². The third kappa shape index (κ3) is 2.75. The second kappa shape index (κ2) is 5.37. The number of carboxylic acid groups (broad SMARTS) is 2. The second-order valence-electron chi connectivity index (χ2n) is 5.13. The van der Waals surface area contributed by atoms with Gasteiger partial charge in [0.1, 0.15) is 6.04 Å². The molecule has 2 heterocycles. The largest absolute Gasteiger partial charge is 0.481 e. The van der Waals surface area contributed by atoms with E-state index in [9.17, 15) is 19.5 Å². The van der Waals surface area contributed by atoms with Crippen LogP contribution in [0.4, 0.5) is 0 Å². The molecule has 2 atom stereocenters. The molecule has 1 amide bonds. The summed E-state index contributed by atoms with van der Waals surface area (Å²) < 4.78 is 10.9. The quantitative estimate of drug-likeness (QED) is 0.718. The molecule has 2 N–H and O–H groups in total. The maximum atomic E-state index is 12.2. The lowest BCUT2D eigenvalue weighted by Gasteiger charge is -2.25. The zero-order valence-corrected chi connectivity index (χ0v) is 11.1. The Kier molecular flexibility index (Phi) is 3.96. The highest BCUT2D eigenvalue weighted by Gasteiger charge is 2.53. The molecule has 0 radical (unpaired) electrons. The summed E-state index contributed by atoms with van der Waals surface area (Å²) in [5.74, 6) is -4.58. The molecule has 0 aromatic heterocycles. The Morgan fingerprint density at radius 3 is 2.40 bits per heavy atom. The number of carbonyl (C=O) groups excluding carboxylic acids is 1. The number of hydrogen-bond acceptors (Lipinski definition) is 5. The summed E-state index contributed by atoms with van der Waals surface area (Å²) in [4.78, 5) is 35.3. The van der Waals surface area contributed by atoms with Gasteiger partial charge in [-0.15, -0.1) is 0 Å². The zero-order valence-electron chi connectivity index (χ0n) is 11.1. The van der Waals surface area contributed by atoms with Gasteiger partial charge in [-0.05, 0) is 0 Å². The lowest BCUT2D eigenvalue weighted by molar-refractivity contribution is -0.155. The SMILES string of the molecule is CC(CC(=O)O)C(=O)N1CC2(C[C@H]1C(=O)O)OCCO2. The number of ether oxygens (including phenoxy) is 2. The van der Waals surface area contributed by atoms with Crippen LogP contribution in [0.1, 0.15) is 19.8 Å². The van der Waals surface area contributed by atoms with Crippen molar-refractivity contribution in [2.75, 3.05) is 19.8 Å². The van der Waals surface area contributed by atoms with Crippen LogP contribution in [-0.2, 0) is 23.9 Å². The fourth-order valence-corrected chi connectivity index (χ4v) is 2.63. The van der Waals surface area contributed by atoms with Gasteiger partial charge in [-0.2, -0.15) is 0 Å². The molecule has 0 saturated carbocycles. The summed E-state index contributed by atoms with van der Waals surface area (Å²) in [6.07, 6.45) is -0.274. The van der Waals surface area contributed by atoms with Gasteiger partial charge in [-0.25, -0.2) is 4.79 Å². The number of carbonyl (C=O) groups is 3. The van der Waals surface area contributed by atoms with E-state index in [4.69, 9.17) is 14.6 Å². The molecule has 20 heavy (non-hydrogen) atoms. The normalized spacial score (nSPS) is 25.9. The Morgan fingerprint density at radius 2 is 1.90 bits per heavy atom. The lowest BCUT2D eigenvalue weighted by Crippen LogP contribution is -2.44. The Labute approximate surface area is 115 Å². The second-order valence-corrected chi connectivity index (χ2v) is 5.13. The van der Waals surface area contributed by atoms with E-state index in [2.05, 4.69) is 0 Å². The Morgan fingerprint density at radius 1 is 1.30 bits per heavy atom. The van der Waals surface area contributed by atoms with Crippen molar-refractivity contribution in [2.45, 2.75) is 31.6 Å². The van der Waals surface area contributed by atoms with Crippen molar-refractivity contribution in [1.29, 1.82) is 0 Å². The van der Waals surface area contributed by atoms with E-state index in [-0.39, 0.29) is 19.4 Å². The molecular weight excluding hydrogens is 270 g/mol. The zero-order chi connectivity index (χ0) is 14.9. The summed E-state index contributed by atoms with van der Waals surface area (Å²) in [6.45, 7) is 2.21. The number of amides is 1. The van der Waals surface area contributed by atoms with Gasteiger partial charge in [-0.3, -0.25) is 9.59 Å². The molecule has 2 rings (SSSR count). The summed E-state index contributed by atoms with van der Waals surface area (Å²) in [7, 11) is 0. The molecule has 2 saturated heterocycles. The van der Waals surface area contributed by atoms with Gasteiger partial charge in [0.2, 0.25) is 5.91 Å². The number of nitrogens with zero attached hydrogens (tertiary/aromatic N) is 1. The van der Waals surface area contributed by atoms with E-state index in [1.165, 1.54) is 6.92 Å². The van der Waals surface area contributed by atoms with Crippen LogP contribution in [0.2, 0.25) is 0 Å². The number of hydrogen-bond donors (Lipinski definition) is 2. The first kappa shape index (κ1) is 14.7. The minimum absolute atomic E-state index is 0.0206. The van der Waals surface area contributed by atoms with Crippen LogP contribution in [0, 0.1) is 5.92 Å². The average molecular weight is 287 g/mol. The predicted molar refractivity (Wildman–Crippen MR) is 63.8 cm³/mol. The van der Waals surface area contributed by atoms with Gasteiger partial charge in [0.05, 0.1) is 26.2 Å². The van der Waals surface area contributed by atoms with Crippen molar-refractivity contribution < 1.29 is 34.1 Å². The third-order valence-corrected chi connectivity index (χ3v) is 3.58. The van der Waals surface area contributed by atoms with E-state index < -0.39 is 35.6 Å². The Hall–Kier alpha value is -1.67. The molecule has 2 aliphatic heterocycles. The molecule has 1 unspecified atom stereocenters. The fourth-order valence-electron chi connectivity index (χ4n) is 2.63. The molecule has 2 aliphatic rings. The number of rotatable bonds is 4. The van der Waals surface area contributed by atoms with E-state index in [0.717, 1.165) is 4.90 Å². The van der Waals surface area contributed by atoms with Gasteiger partial charge >= 0.3 is 11.9 Å². The summed E-state index contributed by atoms with van der Waals surface area (Å²) >= 11 is 0. The molecular formula is C12H17NO7. The lowest BCUT2D eigenvalue weighted by atomic mass is 10.1. The molecule has 0 aromatic rings. The van der Waals surface area contributed by atoms with Crippen molar-refractivity contribution in [3.63, 3.8) is 0 Å². The van der Waals surface area contributed by atoms with Gasteiger partial charge in [0.15, 0.2) is 5.79 Å². The number of carboxylic acids is 2. The van der Waals surface area contributed by atoms with Crippen LogP contribution in [-0.4, -0.2) is 64.5 Å². The Bertz CT molecular complexity index is 430. The summed E-state index contributed by atoms with van der Waals surface area (Å²) in [5.41, 5.74) is 0. The van der Waals surface area contributed by atoms with Crippen LogP contribution in [0.25, 0.3) is 0 Å². The van der Waals surface area contributed by atoms with E-state index in [1.807, 2.05) is 0 Å². The molecule has 8 heteroatoms. The molecule has 0 aromatic carbocycles. The van der Waals surface area contributed by atoms with Crippen LogP contribution in [0.3, 0.4) is 0 Å². The predicted octanol–water partition coefficient (Wildman–Crippen LogP) is -0.474. The molecule has 1 spiro atoms. The van der Waals surface area contributed by atoms with Crippen molar-refractivity contribution >= 4 is 17.8 Å². The Balaban J connectivity index is 2.13. The van der Waals surface area contributed by atoms with Gasteiger partial charge in [0.25, 0.3) is 0 Å². The van der Waals surface area contributed by atoms with E-state index in [1.54, 1.807) is 0 Å². The van der Waals surface area contributed by atoms with E-state index >= 15 is 0 Å². The minimum atomic E-state index is -1.14. The smallest absolute Gasteiger partial charge is 0.326 e. The molecule has 0 aliphatic carbocycles. The maximum absolute atomic E-state index is 12.2. The van der Waals surface area contributed by atoms with Crippen LogP contribution in [0.5, 0.6) is 0 Å². The van der Waals surface area contributed by atoms with Gasteiger partial charge < -0.3 is 24.6 Å². The van der Waals surface area contributed by atoms with Crippen LogP contribution < -0.4 is 0 Å². The highest BCUT2D eigenvalue weighted by atomic mass is 16.7. The molecule has 2 fully saturated rings. The number of aliphatic carboxylic acids is 2. The average Bonchev–Trinajstić information content (AvgIpc) is 2.96.